The van der Waals surface area contributed by atoms with Gasteiger partial charge in [0.1, 0.15) is 0 Å². The highest BCUT2D eigenvalue weighted by Gasteiger charge is 2.13. The van der Waals surface area contributed by atoms with Gasteiger partial charge in [-0.05, 0) is 43.4 Å². The smallest absolute Gasteiger partial charge is 0.0262 e. The molecule has 0 amide bonds. The summed E-state index contributed by atoms with van der Waals surface area (Å²) in [6.45, 7) is 13.9. The Labute approximate surface area is 104 Å². The molecule has 96 valence electrons. The van der Waals surface area contributed by atoms with Crippen molar-refractivity contribution in [1.29, 1.82) is 0 Å². The molecule has 16 heavy (non-hydrogen) atoms. The fraction of sp³-hybridized carbons (Fsp3) is 0.875. The van der Waals surface area contributed by atoms with Crippen LogP contribution < -0.4 is 0 Å². The Balaban J connectivity index is 3.74. The van der Waals surface area contributed by atoms with E-state index < -0.39 is 0 Å². The van der Waals surface area contributed by atoms with Crippen LogP contribution >= 0.6 is 0 Å². The van der Waals surface area contributed by atoms with Gasteiger partial charge in [-0.2, -0.15) is 0 Å². The molecule has 0 heteroatoms. The molecule has 0 aliphatic rings. The lowest BCUT2D eigenvalue weighted by Crippen LogP contribution is -2.10. The normalized spacial score (nSPS) is 17.9. The van der Waals surface area contributed by atoms with Gasteiger partial charge in [-0.15, -0.1) is 0 Å². The third kappa shape index (κ3) is 7.96. The van der Waals surface area contributed by atoms with Gasteiger partial charge in [0.2, 0.25) is 0 Å². The Kier molecular flexibility index (Phi) is 8.70. The van der Waals surface area contributed by atoms with Crippen LogP contribution in [-0.2, 0) is 0 Å². The van der Waals surface area contributed by atoms with Gasteiger partial charge in [0.15, 0.2) is 0 Å². The summed E-state index contributed by atoms with van der Waals surface area (Å²) >= 11 is 0. The molecule has 0 aliphatic carbocycles. The molecule has 0 rings (SSSR count). The Morgan fingerprint density at radius 1 is 0.750 bits per heavy atom. The highest BCUT2D eigenvalue weighted by atomic mass is 14.2. The Hall–Kier alpha value is -0.260. The van der Waals surface area contributed by atoms with E-state index in [0.29, 0.717) is 0 Å². The number of allylic oxidation sites excluding steroid dienone is 2. The van der Waals surface area contributed by atoms with E-state index in [0.717, 1.165) is 23.7 Å². The standard InChI is InChI=1S/C16H32/c1-7-8-14(4)10-12-16(6)15(5)11-9-13(2)3/h7-8,13-16H,9-12H2,1-6H3/b8-7+. The molecular weight excluding hydrogens is 192 g/mol. The lowest BCUT2D eigenvalue weighted by Gasteiger charge is -2.21. The number of hydrogen-bond acceptors (Lipinski definition) is 0. The van der Waals surface area contributed by atoms with Crippen molar-refractivity contribution in [1.82, 2.24) is 0 Å². The molecule has 0 nitrogen and oxygen atoms in total. The number of rotatable bonds is 8. The molecule has 0 fully saturated rings. The maximum atomic E-state index is 2.42. The van der Waals surface area contributed by atoms with Crippen LogP contribution in [0.2, 0.25) is 0 Å². The van der Waals surface area contributed by atoms with Crippen LogP contribution in [0.5, 0.6) is 0 Å². The second-order valence-electron chi connectivity index (χ2n) is 6.01. The van der Waals surface area contributed by atoms with E-state index >= 15 is 0 Å². The average Bonchev–Trinajstić information content (AvgIpc) is 2.22. The highest BCUT2D eigenvalue weighted by Crippen LogP contribution is 2.25. The molecule has 3 unspecified atom stereocenters. The maximum Gasteiger partial charge on any atom is -0.0262 e. The SMILES string of the molecule is C/C=C/C(C)CCC(C)C(C)CCC(C)C. The summed E-state index contributed by atoms with van der Waals surface area (Å²) in [6, 6.07) is 0. The molecule has 0 saturated carbocycles. The summed E-state index contributed by atoms with van der Waals surface area (Å²) < 4.78 is 0. The minimum absolute atomic E-state index is 0.754. The molecule has 0 bridgehead atoms. The zero-order valence-corrected chi connectivity index (χ0v) is 12.3. The monoisotopic (exact) mass is 224 g/mol. The predicted octanol–water partition coefficient (Wildman–Crippen LogP) is 5.69. The van der Waals surface area contributed by atoms with Gasteiger partial charge >= 0.3 is 0 Å². The maximum absolute atomic E-state index is 2.42. The third-order valence-electron chi connectivity index (χ3n) is 3.77. The first-order valence-corrected chi connectivity index (χ1v) is 7.10. The lowest BCUT2D eigenvalue weighted by atomic mass is 9.85. The highest BCUT2D eigenvalue weighted by molar-refractivity contribution is 4.83. The van der Waals surface area contributed by atoms with Crippen molar-refractivity contribution in [2.45, 2.75) is 67.2 Å². The van der Waals surface area contributed by atoms with Crippen molar-refractivity contribution in [2.75, 3.05) is 0 Å². The van der Waals surface area contributed by atoms with E-state index in [1.807, 2.05) is 0 Å². The van der Waals surface area contributed by atoms with Gasteiger partial charge in [-0.3, -0.25) is 0 Å². The quantitative estimate of drug-likeness (QED) is 0.465. The van der Waals surface area contributed by atoms with Gasteiger partial charge in [0.25, 0.3) is 0 Å². The van der Waals surface area contributed by atoms with Crippen LogP contribution in [-0.4, -0.2) is 0 Å². The molecule has 0 radical (unpaired) electrons. The fourth-order valence-electron chi connectivity index (χ4n) is 2.12. The van der Waals surface area contributed by atoms with Crippen molar-refractivity contribution in [3.8, 4) is 0 Å². The first-order chi connectivity index (χ1) is 7.47. The van der Waals surface area contributed by atoms with Gasteiger partial charge < -0.3 is 0 Å². The summed E-state index contributed by atoms with van der Waals surface area (Å²) in [5, 5.41) is 0. The van der Waals surface area contributed by atoms with Crippen molar-refractivity contribution in [2.24, 2.45) is 23.7 Å². The van der Waals surface area contributed by atoms with E-state index in [1.165, 1.54) is 25.7 Å². The van der Waals surface area contributed by atoms with E-state index in [4.69, 9.17) is 0 Å². The Bertz CT molecular complexity index is 178. The first kappa shape index (κ1) is 15.7. The largest absolute Gasteiger partial charge is 0.0914 e. The van der Waals surface area contributed by atoms with Crippen molar-refractivity contribution in [3.05, 3.63) is 12.2 Å². The molecule has 0 heterocycles. The van der Waals surface area contributed by atoms with Crippen molar-refractivity contribution in [3.63, 3.8) is 0 Å². The molecule has 0 aromatic rings. The van der Waals surface area contributed by atoms with E-state index in [2.05, 4.69) is 53.7 Å². The number of hydrogen-bond donors (Lipinski definition) is 0. The fourth-order valence-corrected chi connectivity index (χ4v) is 2.12. The van der Waals surface area contributed by atoms with Crippen LogP contribution in [0.15, 0.2) is 12.2 Å². The van der Waals surface area contributed by atoms with Crippen LogP contribution in [0.3, 0.4) is 0 Å². The lowest BCUT2D eigenvalue weighted by molar-refractivity contribution is 0.307. The zero-order chi connectivity index (χ0) is 12.6. The summed E-state index contributed by atoms with van der Waals surface area (Å²) in [7, 11) is 0. The van der Waals surface area contributed by atoms with Gasteiger partial charge in [0, 0.05) is 0 Å². The Morgan fingerprint density at radius 3 is 1.69 bits per heavy atom. The van der Waals surface area contributed by atoms with Gasteiger partial charge in [0.05, 0.1) is 0 Å². The molecule has 0 saturated heterocycles. The molecule has 3 atom stereocenters. The zero-order valence-electron chi connectivity index (χ0n) is 12.3. The van der Waals surface area contributed by atoms with Crippen LogP contribution in [0.25, 0.3) is 0 Å². The Morgan fingerprint density at radius 2 is 1.25 bits per heavy atom. The molecule has 0 spiro atoms. The topological polar surface area (TPSA) is 0 Å². The van der Waals surface area contributed by atoms with E-state index in [-0.39, 0.29) is 0 Å². The van der Waals surface area contributed by atoms with Crippen LogP contribution in [0, 0.1) is 23.7 Å². The van der Waals surface area contributed by atoms with E-state index in [9.17, 15) is 0 Å². The van der Waals surface area contributed by atoms with Crippen LogP contribution in [0.4, 0.5) is 0 Å². The molecule has 0 aliphatic heterocycles. The predicted molar refractivity (Wildman–Crippen MR) is 75.6 cm³/mol. The minimum Gasteiger partial charge on any atom is -0.0914 e. The third-order valence-corrected chi connectivity index (χ3v) is 3.77. The van der Waals surface area contributed by atoms with E-state index in [1.54, 1.807) is 0 Å². The van der Waals surface area contributed by atoms with Crippen molar-refractivity contribution >= 4 is 0 Å². The summed E-state index contributed by atoms with van der Waals surface area (Å²) in [4.78, 5) is 0. The summed E-state index contributed by atoms with van der Waals surface area (Å²) in [6.07, 6.45) is 10.0. The second kappa shape index (κ2) is 8.84. The van der Waals surface area contributed by atoms with Gasteiger partial charge in [-0.25, -0.2) is 0 Å². The minimum atomic E-state index is 0.754. The van der Waals surface area contributed by atoms with Crippen LogP contribution in [0.1, 0.15) is 67.2 Å². The summed E-state index contributed by atoms with van der Waals surface area (Å²) in [5.74, 6) is 3.38. The van der Waals surface area contributed by atoms with Gasteiger partial charge in [-0.1, -0.05) is 59.6 Å². The van der Waals surface area contributed by atoms with Crippen molar-refractivity contribution < 1.29 is 0 Å². The molecule has 0 N–H and O–H groups in total. The molecule has 0 aromatic heterocycles. The average molecular weight is 224 g/mol. The molecular formula is C16H32. The molecule has 0 aromatic carbocycles. The first-order valence-electron chi connectivity index (χ1n) is 7.10. The summed E-state index contributed by atoms with van der Waals surface area (Å²) in [5.41, 5.74) is 0. The second-order valence-corrected chi connectivity index (χ2v) is 6.01.